The average Bonchev–Trinajstić information content (AvgIpc) is 2.45. The molecule has 2 aliphatic rings. The summed E-state index contributed by atoms with van der Waals surface area (Å²) in [5.41, 5.74) is -1.57. The van der Waals surface area contributed by atoms with Gasteiger partial charge in [0.05, 0.1) is 10.8 Å². The van der Waals surface area contributed by atoms with E-state index in [-0.39, 0.29) is 5.92 Å². The Balaban J connectivity index is 2.23. The molecule has 0 radical (unpaired) electrons. The fraction of sp³-hybridized carbons (Fsp3) is 1.00. The van der Waals surface area contributed by atoms with Crippen molar-refractivity contribution < 1.29 is 10.0 Å². The van der Waals surface area contributed by atoms with Crippen LogP contribution in [-0.2, 0) is 0 Å². The zero-order valence-electron chi connectivity index (χ0n) is 6.19. The second-order valence-corrected chi connectivity index (χ2v) is 3.72. The van der Waals surface area contributed by atoms with Gasteiger partial charge in [0.2, 0.25) is 0 Å². The van der Waals surface area contributed by atoms with E-state index in [0.717, 1.165) is 19.3 Å². The predicted molar refractivity (Wildman–Crippen MR) is 37.4 cm³/mol. The van der Waals surface area contributed by atoms with Crippen LogP contribution in [0.15, 0.2) is 0 Å². The lowest BCUT2D eigenvalue weighted by molar-refractivity contribution is -0.634. The van der Waals surface area contributed by atoms with Crippen molar-refractivity contribution in [1.82, 2.24) is 0 Å². The molecule has 0 amide bonds. The van der Waals surface area contributed by atoms with Crippen LogP contribution < -0.4 is 0 Å². The predicted octanol–water partition coefficient (Wildman–Crippen LogP) is 0.772. The van der Waals surface area contributed by atoms with Crippen LogP contribution in [0.4, 0.5) is 0 Å². The molecule has 0 aromatic carbocycles. The Bertz CT molecular complexity index is 206. The number of nitrogens with zero attached hydrogens (tertiary/aromatic N) is 1. The van der Waals surface area contributed by atoms with Crippen LogP contribution in [0.1, 0.15) is 25.7 Å². The van der Waals surface area contributed by atoms with Gasteiger partial charge in [0.15, 0.2) is 0 Å². The molecule has 2 bridgehead atoms. The molecule has 11 heavy (non-hydrogen) atoms. The largest absolute Gasteiger partial charge is 0.330 e. The van der Waals surface area contributed by atoms with Gasteiger partial charge in [-0.05, 0) is 25.2 Å². The first-order valence-corrected chi connectivity index (χ1v) is 4.00. The SMILES string of the molecule is O=[N+]([O-])C1(O)CC2CCC1C2. The van der Waals surface area contributed by atoms with Crippen molar-refractivity contribution in [2.24, 2.45) is 11.8 Å². The lowest BCUT2D eigenvalue weighted by Crippen LogP contribution is -2.43. The van der Waals surface area contributed by atoms with E-state index in [2.05, 4.69) is 0 Å². The molecule has 2 saturated carbocycles. The number of aliphatic hydroxyl groups is 1. The number of nitro groups is 1. The molecular weight excluding hydrogens is 146 g/mol. The Morgan fingerprint density at radius 1 is 1.55 bits per heavy atom. The summed E-state index contributed by atoms with van der Waals surface area (Å²) in [6.45, 7) is 0. The van der Waals surface area contributed by atoms with Crippen LogP contribution in [0.2, 0.25) is 0 Å². The third-order valence-corrected chi connectivity index (χ3v) is 3.10. The Hall–Kier alpha value is -0.640. The summed E-state index contributed by atoms with van der Waals surface area (Å²) in [7, 11) is 0. The molecule has 0 heterocycles. The van der Waals surface area contributed by atoms with Crippen LogP contribution >= 0.6 is 0 Å². The standard InChI is InChI=1S/C7H11NO3/c9-7(8(10)11)4-5-1-2-6(7)3-5/h5-6,9H,1-4H2. The number of fused-ring (bicyclic) bond motifs is 2. The minimum atomic E-state index is -1.57. The van der Waals surface area contributed by atoms with E-state index in [1.54, 1.807) is 0 Å². The second kappa shape index (κ2) is 1.94. The maximum Gasteiger partial charge on any atom is 0.325 e. The molecule has 0 spiro atoms. The summed E-state index contributed by atoms with van der Waals surface area (Å²) in [5.74, 6) is 0.345. The minimum Gasteiger partial charge on any atom is -0.330 e. The van der Waals surface area contributed by atoms with Gasteiger partial charge in [0.1, 0.15) is 0 Å². The Labute approximate surface area is 64.4 Å². The highest BCUT2D eigenvalue weighted by atomic mass is 16.7. The van der Waals surface area contributed by atoms with Gasteiger partial charge in [-0.1, -0.05) is 0 Å². The van der Waals surface area contributed by atoms with Crippen molar-refractivity contribution >= 4 is 0 Å². The summed E-state index contributed by atoms with van der Waals surface area (Å²) in [6.07, 6.45) is 3.14. The zero-order chi connectivity index (χ0) is 8.06. The molecule has 4 nitrogen and oxygen atoms in total. The molecule has 0 aromatic heterocycles. The third kappa shape index (κ3) is 0.788. The van der Waals surface area contributed by atoms with Crippen LogP contribution in [0, 0.1) is 22.0 Å². The Morgan fingerprint density at radius 2 is 2.27 bits per heavy atom. The summed E-state index contributed by atoms with van der Waals surface area (Å²) >= 11 is 0. The summed E-state index contributed by atoms with van der Waals surface area (Å²) in [6, 6.07) is 0. The second-order valence-electron chi connectivity index (χ2n) is 3.72. The van der Waals surface area contributed by atoms with E-state index in [4.69, 9.17) is 0 Å². The van der Waals surface area contributed by atoms with Crippen LogP contribution in [0.3, 0.4) is 0 Å². The quantitative estimate of drug-likeness (QED) is 0.347. The van der Waals surface area contributed by atoms with Gasteiger partial charge in [-0.15, -0.1) is 0 Å². The summed E-state index contributed by atoms with van der Waals surface area (Å²) in [4.78, 5) is 9.97. The van der Waals surface area contributed by atoms with E-state index < -0.39 is 10.6 Å². The highest BCUT2D eigenvalue weighted by Gasteiger charge is 2.59. The summed E-state index contributed by atoms with van der Waals surface area (Å²) in [5, 5.41) is 20.0. The molecule has 0 saturated heterocycles. The van der Waals surface area contributed by atoms with Crippen LogP contribution in [-0.4, -0.2) is 15.8 Å². The first kappa shape index (κ1) is 7.03. The van der Waals surface area contributed by atoms with Crippen molar-refractivity contribution in [2.75, 3.05) is 0 Å². The molecule has 0 aliphatic heterocycles. The first-order valence-electron chi connectivity index (χ1n) is 4.00. The van der Waals surface area contributed by atoms with Gasteiger partial charge >= 0.3 is 5.72 Å². The maximum atomic E-state index is 10.5. The van der Waals surface area contributed by atoms with Gasteiger partial charge < -0.3 is 5.11 Å². The van der Waals surface area contributed by atoms with E-state index in [9.17, 15) is 15.2 Å². The molecule has 2 rings (SSSR count). The lowest BCUT2D eigenvalue weighted by atomic mass is 9.92. The molecule has 62 valence electrons. The first-order chi connectivity index (χ1) is 5.13. The third-order valence-electron chi connectivity index (χ3n) is 3.10. The highest BCUT2D eigenvalue weighted by molar-refractivity contribution is 4.94. The molecule has 1 N–H and O–H groups in total. The Morgan fingerprint density at radius 3 is 2.55 bits per heavy atom. The molecule has 2 fully saturated rings. The number of rotatable bonds is 1. The van der Waals surface area contributed by atoms with Gasteiger partial charge in [0, 0.05) is 6.42 Å². The fourth-order valence-corrected chi connectivity index (χ4v) is 2.50. The highest BCUT2D eigenvalue weighted by Crippen LogP contribution is 2.50. The van der Waals surface area contributed by atoms with Gasteiger partial charge in [-0.3, -0.25) is 10.1 Å². The van der Waals surface area contributed by atoms with Crippen LogP contribution in [0.25, 0.3) is 0 Å². The molecule has 0 aromatic rings. The van der Waals surface area contributed by atoms with E-state index in [0.29, 0.717) is 12.3 Å². The topological polar surface area (TPSA) is 63.4 Å². The monoisotopic (exact) mass is 157 g/mol. The number of hydrogen-bond donors (Lipinski definition) is 1. The lowest BCUT2D eigenvalue weighted by Gasteiger charge is -2.22. The average molecular weight is 157 g/mol. The van der Waals surface area contributed by atoms with Crippen LogP contribution in [0.5, 0.6) is 0 Å². The van der Waals surface area contributed by atoms with Gasteiger partial charge in [-0.25, -0.2) is 0 Å². The number of hydrogen-bond acceptors (Lipinski definition) is 3. The Kier molecular flexibility index (Phi) is 1.24. The normalized spacial score (nSPS) is 48.1. The molecular formula is C7H11NO3. The summed E-state index contributed by atoms with van der Waals surface area (Å²) < 4.78 is 0. The van der Waals surface area contributed by atoms with Crippen molar-refractivity contribution in [3.63, 3.8) is 0 Å². The molecule has 3 unspecified atom stereocenters. The van der Waals surface area contributed by atoms with Crippen molar-refractivity contribution in [3.8, 4) is 0 Å². The van der Waals surface area contributed by atoms with Crippen molar-refractivity contribution in [2.45, 2.75) is 31.4 Å². The van der Waals surface area contributed by atoms with E-state index in [1.807, 2.05) is 0 Å². The minimum absolute atomic E-state index is 0.0671. The smallest absolute Gasteiger partial charge is 0.325 e. The van der Waals surface area contributed by atoms with E-state index >= 15 is 0 Å². The molecule has 3 atom stereocenters. The van der Waals surface area contributed by atoms with E-state index in [1.165, 1.54) is 0 Å². The van der Waals surface area contributed by atoms with Crippen molar-refractivity contribution in [1.29, 1.82) is 0 Å². The molecule has 4 heteroatoms. The van der Waals surface area contributed by atoms with Gasteiger partial charge in [-0.2, -0.15) is 0 Å². The maximum absolute atomic E-state index is 10.5. The zero-order valence-corrected chi connectivity index (χ0v) is 6.19. The van der Waals surface area contributed by atoms with Crippen molar-refractivity contribution in [3.05, 3.63) is 10.1 Å². The molecule has 2 aliphatic carbocycles. The van der Waals surface area contributed by atoms with Gasteiger partial charge in [0.25, 0.3) is 0 Å². The fourth-order valence-electron chi connectivity index (χ4n) is 2.50.